The third-order valence-electron chi connectivity index (χ3n) is 2.49. The number of halogens is 3. The molecule has 1 aromatic carbocycles. The van der Waals surface area contributed by atoms with E-state index >= 15 is 0 Å². The summed E-state index contributed by atoms with van der Waals surface area (Å²) in [5.41, 5.74) is 1.01. The Morgan fingerprint density at radius 3 is 2.59 bits per heavy atom. The van der Waals surface area contributed by atoms with Crippen LogP contribution in [0.25, 0.3) is 0 Å². The van der Waals surface area contributed by atoms with Crippen LogP contribution in [0, 0.1) is 12.7 Å². The van der Waals surface area contributed by atoms with Crippen molar-refractivity contribution in [2.24, 2.45) is 0 Å². The summed E-state index contributed by atoms with van der Waals surface area (Å²) in [6.07, 6.45) is -0.951. The van der Waals surface area contributed by atoms with Crippen LogP contribution in [0.2, 0.25) is 0 Å². The quantitative estimate of drug-likeness (QED) is 0.794. The van der Waals surface area contributed by atoms with Gasteiger partial charge >= 0.3 is 0 Å². The molecular formula is C12H9Br2FOS. The first-order chi connectivity index (χ1) is 8.00. The zero-order valence-electron chi connectivity index (χ0n) is 8.88. The smallest absolute Gasteiger partial charge is 0.130 e. The zero-order valence-corrected chi connectivity index (χ0v) is 12.9. The monoisotopic (exact) mass is 378 g/mol. The average Bonchev–Trinajstić information content (AvgIpc) is 2.57. The molecule has 90 valence electrons. The van der Waals surface area contributed by atoms with Crippen LogP contribution in [0.4, 0.5) is 4.39 Å². The van der Waals surface area contributed by atoms with Gasteiger partial charge in [-0.15, -0.1) is 11.3 Å². The van der Waals surface area contributed by atoms with Crippen LogP contribution in [0.5, 0.6) is 0 Å². The first-order valence-electron chi connectivity index (χ1n) is 4.88. The topological polar surface area (TPSA) is 20.2 Å². The number of benzene rings is 1. The zero-order chi connectivity index (χ0) is 12.6. The molecule has 0 amide bonds. The molecule has 5 heteroatoms. The van der Waals surface area contributed by atoms with Crippen molar-refractivity contribution >= 4 is 43.2 Å². The van der Waals surface area contributed by atoms with Gasteiger partial charge in [-0.2, -0.15) is 0 Å². The Bertz CT molecular complexity index is 533. The second-order valence-corrected chi connectivity index (χ2v) is 7.09. The lowest BCUT2D eigenvalue weighted by atomic mass is 10.0. The fourth-order valence-corrected chi connectivity index (χ4v) is 3.96. The molecule has 0 spiro atoms. The van der Waals surface area contributed by atoms with Gasteiger partial charge in [0.1, 0.15) is 11.9 Å². The molecule has 0 saturated carbocycles. The molecule has 1 nitrogen and oxygen atoms in total. The maximum atomic E-state index is 13.7. The molecule has 1 N–H and O–H groups in total. The lowest BCUT2D eigenvalue weighted by Crippen LogP contribution is -2.03. The van der Waals surface area contributed by atoms with Crippen molar-refractivity contribution in [1.82, 2.24) is 0 Å². The number of hydrogen-bond donors (Lipinski definition) is 1. The molecule has 0 saturated heterocycles. The van der Waals surface area contributed by atoms with E-state index in [0.717, 1.165) is 14.2 Å². The van der Waals surface area contributed by atoms with Gasteiger partial charge in [-0.1, -0.05) is 22.0 Å². The molecule has 0 bridgehead atoms. The molecule has 0 radical (unpaired) electrons. The normalized spacial score (nSPS) is 12.8. The summed E-state index contributed by atoms with van der Waals surface area (Å²) < 4.78 is 15.2. The van der Waals surface area contributed by atoms with Crippen molar-refractivity contribution in [3.8, 4) is 0 Å². The molecule has 17 heavy (non-hydrogen) atoms. The standard InChI is InChI=1S/C12H9Br2FOS/c1-6-7(5-10(14)17-6)12(16)11-8(13)3-2-4-9(11)15/h2-5,12,16H,1H3. The number of hydrogen-bond acceptors (Lipinski definition) is 2. The van der Waals surface area contributed by atoms with Gasteiger partial charge in [-0.25, -0.2) is 4.39 Å². The summed E-state index contributed by atoms with van der Waals surface area (Å²) in [7, 11) is 0. The van der Waals surface area contributed by atoms with Crippen molar-refractivity contribution in [2.75, 3.05) is 0 Å². The maximum absolute atomic E-state index is 13.7. The van der Waals surface area contributed by atoms with Crippen molar-refractivity contribution in [3.05, 3.63) is 54.3 Å². The summed E-state index contributed by atoms with van der Waals surface area (Å²) in [6, 6.07) is 6.49. The Labute approximate surface area is 120 Å². The Morgan fingerprint density at radius 1 is 1.35 bits per heavy atom. The van der Waals surface area contributed by atoms with Crippen LogP contribution in [-0.4, -0.2) is 5.11 Å². The number of rotatable bonds is 2. The summed E-state index contributed by atoms with van der Waals surface area (Å²) in [5, 5.41) is 10.3. The lowest BCUT2D eigenvalue weighted by molar-refractivity contribution is 0.214. The summed E-state index contributed by atoms with van der Waals surface area (Å²) in [4.78, 5) is 0.972. The second-order valence-electron chi connectivity index (χ2n) is 3.60. The van der Waals surface area contributed by atoms with E-state index < -0.39 is 11.9 Å². The molecule has 0 aliphatic carbocycles. The molecular weight excluding hydrogens is 371 g/mol. The number of aliphatic hydroxyl groups is 1. The van der Waals surface area contributed by atoms with Crippen LogP contribution < -0.4 is 0 Å². The highest BCUT2D eigenvalue weighted by Gasteiger charge is 2.21. The second kappa shape index (κ2) is 5.18. The van der Waals surface area contributed by atoms with Crippen LogP contribution in [-0.2, 0) is 0 Å². The molecule has 1 unspecified atom stereocenters. The minimum atomic E-state index is -0.951. The van der Waals surface area contributed by atoms with Gasteiger partial charge in [-0.05, 0) is 46.6 Å². The van der Waals surface area contributed by atoms with Crippen molar-refractivity contribution in [3.63, 3.8) is 0 Å². The van der Waals surface area contributed by atoms with E-state index in [9.17, 15) is 9.50 Å². The predicted octanol–water partition coefficient (Wildman–Crippen LogP) is 4.80. The molecule has 0 aliphatic heterocycles. The summed E-state index contributed by atoms with van der Waals surface area (Å²) in [6.45, 7) is 1.91. The van der Waals surface area contributed by atoms with Crippen LogP contribution in [0.3, 0.4) is 0 Å². The van der Waals surface area contributed by atoms with E-state index in [1.165, 1.54) is 17.4 Å². The van der Waals surface area contributed by atoms with E-state index in [1.807, 2.05) is 13.0 Å². The molecule has 0 fully saturated rings. The molecule has 1 heterocycles. The third kappa shape index (κ3) is 2.62. The number of aliphatic hydroxyl groups excluding tert-OH is 1. The highest BCUT2D eigenvalue weighted by Crippen LogP contribution is 2.36. The van der Waals surface area contributed by atoms with Gasteiger partial charge in [0.05, 0.1) is 3.79 Å². The first-order valence-corrected chi connectivity index (χ1v) is 7.28. The highest BCUT2D eigenvalue weighted by molar-refractivity contribution is 9.11. The van der Waals surface area contributed by atoms with E-state index in [2.05, 4.69) is 31.9 Å². The fraction of sp³-hybridized carbons (Fsp3) is 0.167. The lowest BCUT2D eigenvalue weighted by Gasteiger charge is -2.13. The third-order valence-corrected chi connectivity index (χ3v) is 4.75. The minimum Gasteiger partial charge on any atom is -0.383 e. The predicted molar refractivity (Wildman–Crippen MR) is 74.9 cm³/mol. The average molecular weight is 380 g/mol. The molecule has 2 rings (SSSR count). The van der Waals surface area contributed by atoms with Gasteiger partial charge in [0.2, 0.25) is 0 Å². The first kappa shape index (κ1) is 13.2. The SMILES string of the molecule is Cc1sc(Br)cc1C(O)c1c(F)cccc1Br. The number of aryl methyl sites for hydroxylation is 1. The molecule has 2 aromatic rings. The van der Waals surface area contributed by atoms with E-state index in [-0.39, 0.29) is 5.56 Å². The van der Waals surface area contributed by atoms with Gasteiger partial charge in [0.15, 0.2) is 0 Å². The Kier molecular flexibility index (Phi) is 4.02. The van der Waals surface area contributed by atoms with Gasteiger partial charge < -0.3 is 5.11 Å². The Morgan fingerprint density at radius 2 is 2.06 bits per heavy atom. The van der Waals surface area contributed by atoms with Crippen LogP contribution >= 0.6 is 43.2 Å². The highest BCUT2D eigenvalue weighted by atomic mass is 79.9. The van der Waals surface area contributed by atoms with E-state index in [0.29, 0.717) is 4.47 Å². The van der Waals surface area contributed by atoms with Crippen molar-refractivity contribution in [1.29, 1.82) is 0 Å². The van der Waals surface area contributed by atoms with Gasteiger partial charge in [0, 0.05) is 14.9 Å². The molecule has 1 aromatic heterocycles. The van der Waals surface area contributed by atoms with E-state index in [4.69, 9.17) is 0 Å². The van der Waals surface area contributed by atoms with E-state index in [1.54, 1.807) is 12.1 Å². The number of thiophene rings is 1. The Hall–Kier alpha value is -0.230. The van der Waals surface area contributed by atoms with Crippen LogP contribution in [0.1, 0.15) is 22.1 Å². The molecule has 0 aliphatic rings. The maximum Gasteiger partial charge on any atom is 0.130 e. The summed E-state index contributed by atoms with van der Waals surface area (Å²) in [5.74, 6) is -0.409. The minimum absolute atomic E-state index is 0.279. The Balaban J connectivity index is 2.51. The van der Waals surface area contributed by atoms with Crippen molar-refractivity contribution < 1.29 is 9.50 Å². The summed E-state index contributed by atoms with van der Waals surface area (Å²) >= 11 is 8.15. The fourth-order valence-electron chi connectivity index (χ4n) is 1.66. The van der Waals surface area contributed by atoms with Crippen LogP contribution in [0.15, 0.2) is 32.5 Å². The largest absolute Gasteiger partial charge is 0.383 e. The molecule has 1 atom stereocenters. The van der Waals surface area contributed by atoms with Gasteiger partial charge in [-0.3, -0.25) is 0 Å². The van der Waals surface area contributed by atoms with Crippen molar-refractivity contribution in [2.45, 2.75) is 13.0 Å². The van der Waals surface area contributed by atoms with Gasteiger partial charge in [0.25, 0.3) is 0 Å².